The summed E-state index contributed by atoms with van der Waals surface area (Å²) < 4.78 is 27.1. The maximum absolute atomic E-state index is 12.5. The molecular formula is C27H39O6PS. The number of rotatable bonds is 18. The molecule has 0 aromatic heterocycles. The first-order valence-corrected chi connectivity index (χ1v) is 14.8. The molecule has 8 heteroatoms. The highest BCUT2D eigenvalue weighted by Gasteiger charge is 2.23. The Morgan fingerprint density at radius 1 is 0.914 bits per heavy atom. The highest BCUT2D eigenvalue weighted by Crippen LogP contribution is 2.42. The molecule has 6 nitrogen and oxygen atoms in total. The molecule has 0 fully saturated rings. The first-order chi connectivity index (χ1) is 16.9. The van der Waals surface area contributed by atoms with Gasteiger partial charge in [-0.25, -0.2) is 4.57 Å². The van der Waals surface area contributed by atoms with Crippen molar-refractivity contribution < 1.29 is 28.0 Å². The van der Waals surface area contributed by atoms with Gasteiger partial charge < -0.3 is 9.63 Å². The van der Waals surface area contributed by atoms with Crippen molar-refractivity contribution in [2.24, 2.45) is 0 Å². The van der Waals surface area contributed by atoms with Crippen LogP contribution in [0.25, 0.3) is 11.1 Å². The number of carbonyl (C=O) groups excluding carboxylic acids is 1. The summed E-state index contributed by atoms with van der Waals surface area (Å²) in [6.07, 6.45) is 8.50. The van der Waals surface area contributed by atoms with Gasteiger partial charge in [0.25, 0.3) is 0 Å². The Hall–Kier alpha value is -1.47. The van der Waals surface area contributed by atoms with E-state index in [1.807, 2.05) is 30.3 Å². The molecule has 0 amide bonds. The fourth-order valence-electron chi connectivity index (χ4n) is 3.55. The van der Waals surface area contributed by atoms with Crippen LogP contribution in [-0.2, 0) is 29.8 Å². The number of ether oxygens (including phenoxy) is 1. The number of phosphoric acid groups is 1. The number of benzene rings is 2. The number of hydrogen-bond donors (Lipinski definition) is 1. The minimum absolute atomic E-state index is 0.0492. The van der Waals surface area contributed by atoms with Gasteiger partial charge in [-0.3, -0.25) is 13.8 Å². The third kappa shape index (κ3) is 12.9. The summed E-state index contributed by atoms with van der Waals surface area (Å²) in [4.78, 5) is 22.0. The first-order valence-electron chi connectivity index (χ1n) is 12.4. The normalized spacial score (nSPS) is 13.9. The first kappa shape index (κ1) is 29.8. The molecular weight excluding hydrogens is 483 g/mol. The molecule has 1 N–H and O–H groups in total. The third-order valence-corrected chi connectivity index (χ3v) is 7.58. The van der Waals surface area contributed by atoms with E-state index in [1.54, 1.807) is 0 Å². The predicted molar refractivity (Wildman–Crippen MR) is 143 cm³/mol. The fraction of sp³-hybridized carbons (Fsp3) is 0.519. The Labute approximate surface area is 214 Å². The topological polar surface area (TPSA) is 82.1 Å². The summed E-state index contributed by atoms with van der Waals surface area (Å²) in [6.45, 7) is 2.68. The van der Waals surface area contributed by atoms with Crippen LogP contribution in [0.4, 0.5) is 0 Å². The van der Waals surface area contributed by atoms with Gasteiger partial charge in [0.15, 0.2) is 5.12 Å². The number of phosphoric ester groups is 1. The van der Waals surface area contributed by atoms with Crippen molar-refractivity contribution in [3.63, 3.8) is 0 Å². The Bertz CT molecular complexity index is 890. The molecule has 194 valence electrons. The molecule has 0 radical (unpaired) electrons. The van der Waals surface area contributed by atoms with Gasteiger partial charge in [0.2, 0.25) is 0 Å². The Kier molecular flexibility index (Phi) is 14.5. The Morgan fingerprint density at radius 2 is 1.54 bits per heavy atom. The number of hydrogen-bond acceptors (Lipinski definition) is 6. The van der Waals surface area contributed by atoms with Crippen molar-refractivity contribution in [2.75, 3.05) is 20.3 Å². The highest BCUT2D eigenvalue weighted by atomic mass is 32.2. The molecule has 0 aliphatic carbocycles. The van der Waals surface area contributed by atoms with Crippen molar-refractivity contribution >= 4 is 24.7 Å². The molecule has 0 aliphatic heterocycles. The lowest BCUT2D eigenvalue weighted by Gasteiger charge is -2.18. The summed E-state index contributed by atoms with van der Waals surface area (Å²) in [5.41, 5.74) is 3.29. The number of thioether (sulfide) groups is 1. The van der Waals surface area contributed by atoms with Gasteiger partial charge in [-0.15, -0.1) is 0 Å². The summed E-state index contributed by atoms with van der Waals surface area (Å²) in [6, 6.07) is 18.3. The molecule has 2 atom stereocenters. The molecule has 0 spiro atoms. The van der Waals surface area contributed by atoms with E-state index in [0.717, 1.165) is 54.8 Å². The summed E-state index contributed by atoms with van der Waals surface area (Å²) in [7, 11) is -3.00. The van der Waals surface area contributed by atoms with Gasteiger partial charge in [0.1, 0.15) is 0 Å². The summed E-state index contributed by atoms with van der Waals surface area (Å²) in [5, 5.41) is -0.348. The van der Waals surface area contributed by atoms with Crippen molar-refractivity contribution in [1.29, 1.82) is 0 Å². The zero-order valence-corrected chi connectivity index (χ0v) is 22.6. The van der Waals surface area contributed by atoms with Crippen LogP contribution in [0.3, 0.4) is 0 Å². The van der Waals surface area contributed by atoms with E-state index in [-0.39, 0.29) is 18.3 Å². The average Bonchev–Trinajstić information content (AvgIpc) is 2.87. The van der Waals surface area contributed by atoms with Gasteiger partial charge in [-0.2, -0.15) is 0 Å². The highest BCUT2D eigenvalue weighted by molar-refractivity contribution is 8.14. The fourth-order valence-corrected chi connectivity index (χ4v) is 5.06. The van der Waals surface area contributed by atoms with Crippen LogP contribution in [0, 0.1) is 0 Å². The minimum atomic E-state index is -4.12. The van der Waals surface area contributed by atoms with Gasteiger partial charge in [0.05, 0.1) is 25.1 Å². The van der Waals surface area contributed by atoms with E-state index >= 15 is 0 Å². The smallest absolute Gasteiger partial charge is 0.376 e. The molecule has 2 aromatic carbocycles. The predicted octanol–water partition coefficient (Wildman–Crippen LogP) is 7.40. The summed E-state index contributed by atoms with van der Waals surface area (Å²) >= 11 is 1.13. The second-order valence-corrected chi connectivity index (χ2v) is 11.4. The van der Waals surface area contributed by atoms with E-state index in [1.165, 1.54) is 25.7 Å². The maximum Gasteiger partial charge on any atom is 0.471 e. The monoisotopic (exact) mass is 522 g/mol. The maximum atomic E-state index is 12.5. The molecule has 0 aliphatic rings. The minimum Gasteiger partial charge on any atom is -0.376 e. The lowest BCUT2D eigenvalue weighted by atomic mass is 10.0. The lowest BCUT2D eigenvalue weighted by Crippen LogP contribution is -2.20. The Balaban J connectivity index is 1.79. The second kappa shape index (κ2) is 17.1. The van der Waals surface area contributed by atoms with E-state index in [0.29, 0.717) is 13.0 Å². The Morgan fingerprint density at radius 3 is 2.20 bits per heavy atom. The molecule has 1 unspecified atom stereocenters. The zero-order chi connectivity index (χ0) is 25.4. The van der Waals surface area contributed by atoms with Crippen molar-refractivity contribution in [1.82, 2.24) is 0 Å². The van der Waals surface area contributed by atoms with E-state index in [4.69, 9.17) is 9.26 Å². The van der Waals surface area contributed by atoms with Crippen LogP contribution in [0.5, 0.6) is 0 Å². The SMILES string of the molecule is CCCCCCCCCC(=O)S[C@H](COCc1ccc(-c2ccccc2)cc1)COP(=O)(O)OC. The average molecular weight is 523 g/mol. The van der Waals surface area contributed by atoms with Crippen molar-refractivity contribution in [3.05, 3.63) is 60.2 Å². The molecule has 0 heterocycles. The van der Waals surface area contributed by atoms with Crippen LogP contribution < -0.4 is 0 Å². The van der Waals surface area contributed by atoms with E-state index < -0.39 is 13.1 Å². The number of carbonyl (C=O) groups is 1. The van der Waals surface area contributed by atoms with Crippen LogP contribution in [0.15, 0.2) is 54.6 Å². The van der Waals surface area contributed by atoms with Crippen LogP contribution in [0.1, 0.15) is 63.9 Å². The number of unbranched alkanes of at least 4 members (excludes halogenated alkanes) is 6. The van der Waals surface area contributed by atoms with Gasteiger partial charge in [-0.1, -0.05) is 112 Å². The summed E-state index contributed by atoms with van der Waals surface area (Å²) in [5.74, 6) is 0. The molecule has 0 saturated carbocycles. The van der Waals surface area contributed by atoms with Crippen LogP contribution in [0.2, 0.25) is 0 Å². The molecule has 35 heavy (non-hydrogen) atoms. The van der Waals surface area contributed by atoms with Gasteiger partial charge in [0, 0.05) is 13.5 Å². The van der Waals surface area contributed by atoms with Crippen LogP contribution >= 0.6 is 19.6 Å². The van der Waals surface area contributed by atoms with Gasteiger partial charge >= 0.3 is 7.82 Å². The van der Waals surface area contributed by atoms with E-state index in [9.17, 15) is 14.3 Å². The molecule has 2 aromatic rings. The molecule has 0 bridgehead atoms. The second-order valence-electron chi connectivity index (χ2n) is 8.51. The van der Waals surface area contributed by atoms with Crippen LogP contribution in [-0.4, -0.2) is 35.6 Å². The largest absolute Gasteiger partial charge is 0.471 e. The quantitative estimate of drug-likeness (QED) is 0.161. The zero-order valence-electron chi connectivity index (χ0n) is 20.9. The molecule has 2 rings (SSSR count). The lowest BCUT2D eigenvalue weighted by molar-refractivity contribution is -0.111. The van der Waals surface area contributed by atoms with E-state index in [2.05, 4.69) is 35.7 Å². The molecule has 0 saturated heterocycles. The third-order valence-electron chi connectivity index (χ3n) is 5.57. The van der Waals surface area contributed by atoms with Crippen molar-refractivity contribution in [3.8, 4) is 11.1 Å². The standard InChI is InChI=1S/C27H39O6PS/c1-3-4-5-6-7-8-12-15-27(28)35-26(22-33-34(29,30)31-2)21-32-20-23-16-18-25(19-17-23)24-13-10-9-11-14-24/h9-11,13-14,16-19,26H,3-8,12,15,20-22H2,1-2H3,(H,29,30)/t26-/m1/s1. The van der Waals surface area contributed by atoms with Gasteiger partial charge in [-0.05, 0) is 23.1 Å². The van der Waals surface area contributed by atoms with Crippen molar-refractivity contribution in [2.45, 2.75) is 70.1 Å².